The van der Waals surface area contributed by atoms with E-state index in [4.69, 9.17) is 0 Å². The third-order valence-electron chi connectivity index (χ3n) is 1.67. The Morgan fingerprint density at radius 1 is 1.75 bits per heavy atom. The van der Waals surface area contributed by atoms with Gasteiger partial charge < -0.3 is 4.90 Å². The molecular weight excluding hydrogens is 170 g/mol. The van der Waals surface area contributed by atoms with Gasteiger partial charge >= 0.3 is 0 Å². The number of likely N-dealkylation sites (N-methyl/N-ethyl adjacent to an activating group) is 1. The van der Waals surface area contributed by atoms with Crippen LogP contribution in [0, 0.1) is 0 Å². The predicted octanol–water partition coefficient (Wildman–Crippen LogP) is 1.73. The van der Waals surface area contributed by atoms with Gasteiger partial charge in [-0.1, -0.05) is 13.5 Å². The molecule has 0 aromatic rings. The zero-order valence-electron chi connectivity index (χ0n) is 7.79. The van der Waals surface area contributed by atoms with Gasteiger partial charge in [0.05, 0.1) is 0 Å². The lowest BCUT2D eigenvalue weighted by Crippen LogP contribution is -2.25. The fraction of sp³-hybridized carbons (Fsp3) is 0.667. The third-order valence-corrected chi connectivity index (χ3v) is 1.92. The van der Waals surface area contributed by atoms with Crippen molar-refractivity contribution in [2.45, 2.75) is 25.0 Å². The molecule has 0 aliphatic heterocycles. The quantitative estimate of drug-likeness (QED) is 0.513. The van der Waals surface area contributed by atoms with E-state index in [0.29, 0.717) is 5.25 Å². The first-order valence-electron chi connectivity index (χ1n) is 4.13. The van der Waals surface area contributed by atoms with Gasteiger partial charge in [0.1, 0.15) is 0 Å². The Morgan fingerprint density at radius 3 is 2.75 bits per heavy atom. The number of rotatable bonds is 5. The lowest BCUT2D eigenvalue weighted by Gasteiger charge is -2.14. The van der Waals surface area contributed by atoms with Crippen molar-refractivity contribution < 1.29 is 4.79 Å². The van der Waals surface area contributed by atoms with Crippen LogP contribution >= 0.6 is 12.6 Å². The van der Waals surface area contributed by atoms with Crippen LogP contribution in [0.1, 0.15) is 19.8 Å². The zero-order chi connectivity index (χ0) is 9.56. The third kappa shape index (κ3) is 5.24. The number of carbonyl (C=O) groups is 1. The fourth-order valence-electron chi connectivity index (χ4n) is 0.890. The summed E-state index contributed by atoms with van der Waals surface area (Å²) in [5.41, 5.74) is 0. The van der Waals surface area contributed by atoms with Crippen molar-refractivity contribution in [3.8, 4) is 0 Å². The molecule has 0 saturated heterocycles. The van der Waals surface area contributed by atoms with Crippen molar-refractivity contribution in [2.24, 2.45) is 0 Å². The predicted molar refractivity (Wildman–Crippen MR) is 55.5 cm³/mol. The van der Waals surface area contributed by atoms with Gasteiger partial charge in [0, 0.05) is 13.6 Å². The highest BCUT2D eigenvalue weighted by Crippen LogP contribution is 2.03. The average molecular weight is 187 g/mol. The minimum Gasteiger partial charge on any atom is -0.342 e. The van der Waals surface area contributed by atoms with E-state index in [-0.39, 0.29) is 5.91 Å². The summed E-state index contributed by atoms with van der Waals surface area (Å²) in [4.78, 5) is 12.6. The molecule has 0 spiro atoms. The molecule has 1 unspecified atom stereocenters. The Balaban J connectivity index is 3.50. The van der Waals surface area contributed by atoms with Gasteiger partial charge in [0.25, 0.3) is 0 Å². The summed E-state index contributed by atoms with van der Waals surface area (Å²) >= 11 is 4.25. The van der Waals surface area contributed by atoms with Gasteiger partial charge in [-0.05, 0) is 24.2 Å². The van der Waals surface area contributed by atoms with Crippen LogP contribution in [0.15, 0.2) is 12.7 Å². The molecule has 0 aromatic heterocycles. The van der Waals surface area contributed by atoms with E-state index in [1.165, 1.54) is 6.08 Å². The lowest BCUT2D eigenvalue weighted by atomic mass is 10.2. The molecule has 0 aromatic carbocycles. The normalized spacial score (nSPS) is 12.2. The second-order valence-corrected chi connectivity index (χ2v) is 3.84. The van der Waals surface area contributed by atoms with E-state index >= 15 is 0 Å². The fourth-order valence-corrected chi connectivity index (χ4v) is 1.07. The number of hydrogen-bond donors (Lipinski definition) is 1. The molecule has 1 amide bonds. The van der Waals surface area contributed by atoms with Gasteiger partial charge in [0.15, 0.2) is 0 Å². The summed E-state index contributed by atoms with van der Waals surface area (Å²) in [7, 11) is 1.78. The topological polar surface area (TPSA) is 20.3 Å². The van der Waals surface area contributed by atoms with Crippen LogP contribution in [0.4, 0.5) is 0 Å². The van der Waals surface area contributed by atoms with Gasteiger partial charge in [-0.2, -0.15) is 12.6 Å². The smallest absolute Gasteiger partial charge is 0.245 e. The molecule has 0 radical (unpaired) electrons. The molecule has 2 nitrogen and oxygen atoms in total. The number of hydrogen-bond acceptors (Lipinski definition) is 2. The van der Waals surface area contributed by atoms with Crippen LogP contribution in [0.5, 0.6) is 0 Å². The van der Waals surface area contributed by atoms with E-state index in [2.05, 4.69) is 26.1 Å². The molecule has 0 saturated carbocycles. The Labute approximate surface area is 80.0 Å². The lowest BCUT2D eigenvalue weighted by molar-refractivity contribution is -0.124. The molecule has 0 bridgehead atoms. The molecule has 0 N–H and O–H groups in total. The van der Waals surface area contributed by atoms with E-state index in [0.717, 1.165) is 19.4 Å². The standard InChI is InChI=1S/C9H17NOS/c1-4-9(11)10(3)7-5-6-8(2)12/h4,8,12H,1,5-7H2,2-3H3. The van der Waals surface area contributed by atoms with Crippen LogP contribution in [0.25, 0.3) is 0 Å². The number of nitrogens with zero attached hydrogens (tertiary/aromatic N) is 1. The first-order valence-corrected chi connectivity index (χ1v) is 4.65. The van der Waals surface area contributed by atoms with Crippen molar-refractivity contribution in [3.63, 3.8) is 0 Å². The molecule has 12 heavy (non-hydrogen) atoms. The van der Waals surface area contributed by atoms with E-state index in [9.17, 15) is 4.79 Å². The van der Waals surface area contributed by atoms with E-state index in [1.807, 2.05) is 0 Å². The summed E-state index contributed by atoms with van der Waals surface area (Å²) in [6.07, 6.45) is 3.38. The molecule has 3 heteroatoms. The Bertz CT molecular complexity index is 157. The van der Waals surface area contributed by atoms with Crippen LogP contribution < -0.4 is 0 Å². The summed E-state index contributed by atoms with van der Waals surface area (Å²) < 4.78 is 0. The monoisotopic (exact) mass is 187 g/mol. The van der Waals surface area contributed by atoms with Crippen LogP contribution in [-0.4, -0.2) is 29.6 Å². The second-order valence-electron chi connectivity index (χ2n) is 2.96. The molecular formula is C9H17NOS. The zero-order valence-corrected chi connectivity index (χ0v) is 8.68. The SMILES string of the molecule is C=CC(=O)N(C)CCCC(C)S. The van der Waals surface area contributed by atoms with E-state index in [1.54, 1.807) is 11.9 Å². The molecule has 70 valence electrons. The van der Waals surface area contributed by atoms with Gasteiger partial charge in [-0.3, -0.25) is 4.79 Å². The maximum absolute atomic E-state index is 11.0. The van der Waals surface area contributed by atoms with Crippen molar-refractivity contribution in [1.82, 2.24) is 4.90 Å². The number of amides is 1. The summed E-state index contributed by atoms with van der Waals surface area (Å²) in [5, 5.41) is 0.414. The molecule has 0 aliphatic carbocycles. The van der Waals surface area contributed by atoms with Gasteiger partial charge in [0.2, 0.25) is 5.91 Å². The van der Waals surface area contributed by atoms with Crippen molar-refractivity contribution in [2.75, 3.05) is 13.6 Å². The van der Waals surface area contributed by atoms with Crippen LogP contribution in [-0.2, 0) is 4.79 Å². The van der Waals surface area contributed by atoms with Crippen molar-refractivity contribution >= 4 is 18.5 Å². The summed E-state index contributed by atoms with van der Waals surface area (Å²) in [6, 6.07) is 0. The average Bonchev–Trinajstić information content (AvgIpc) is 2.02. The Hall–Kier alpha value is -0.440. The van der Waals surface area contributed by atoms with Gasteiger partial charge in [-0.25, -0.2) is 0 Å². The molecule has 0 heterocycles. The number of carbonyl (C=O) groups excluding carboxylic acids is 1. The van der Waals surface area contributed by atoms with E-state index < -0.39 is 0 Å². The van der Waals surface area contributed by atoms with Crippen molar-refractivity contribution in [1.29, 1.82) is 0 Å². The molecule has 0 fully saturated rings. The first-order chi connectivity index (χ1) is 5.57. The molecule has 1 atom stereocenters. The highest BCUT2D eigenvalue weighted by molar-refractivity contribution is 7.80. The highest BCUT2D eigenvalue weighted by Gasteiger charge is 2.03. The largest absolute Gasteiger partial charge is 0.342 e. The maximum Gasteiger partial charge on any atom is 0.245 e. The summed E-state index contributed by atoms with van der Waals surface area (Å²) in [6.45, 7) is 6.26. The Kier molecular flexibility index (Phi) is 5.89. The maximum atomic E-state index is 11.0. The number of thiol groups is 1. The highest BCUT2D eigenvalue weighted by atomic mass is 32.1. The Morgan fingerprint density at radius 2 is 2.33 bits per heavy atom. The van der Waals surface area contributed by atoms with Crippen LogP contribution in [0.3, 0.4) is 0 Å². The van der Waals surface area contributed by atoms with Crippen LogP contribution in [0.2, 0.25) is 0 Å². The van der Waals surface area contributed by atoms with Gasteiger partial charge in [-0.15, -0.1) is 0 Å². The molecule has 0 rings (SSSR count). The minimum absolute atomic E-state index is 0.0122. The molecule has 0 aliphatic rings. The first kappa shape index (κ1) is 11.6. The summed E-state index contributed by atoms with van der Waals surface area (Å²) in [5.74, 6) is -0.0122. The minimum atomic E-state index is -0.0122. The second kappa shape index (κ2) is 6.12. The van der Waals surface area contributed by atoms with Crippen molar-refractivity contribution in [3.05, 3.63) is 12.7 Å².